The van der Waals surface area contributed by atoms with Crippen molar-refractivity contribution in [3.8, 4) is 5.75 Å². The molecular weight excluding hydrogens is 248 g/mol. The molecule has 0 aliphatic carbocycles. The second-order valence-electron chi connectivity index (χ2n) is 5.14. The lowest BCUT2D eigenvalue weighted by atomic mass is 10.1. The Hall–Kier alpha value is -2.22. The maximum absolute atomic E-state index is 5.51. The molecule has 1 aliphatic rings. The number of hydrogen-bond donors (Lipinski definition) is 0. The molecule has 1 unspecified atom stereocenters. The van der Waals surface area contributed by atoms with Crippen LogP contribution >= 0.6 is 0 Å². The summed E-state index contributed by atoms with van der Waals surface area (Å²) >= 11 is 0. The highest BCUT2D eigenvalue weighted by Gasteiger charge is 2.16. The maximum atomic E-state index is 5.51. The van der Waals surface area contributed by atoms with Crippen LogP contribution in [0.1, 0.15) is 18.2 Å². The van der Waals surface area contributed by atoms with E-state index in [4.69, 9.17) is 9.15 Å². The molecule has 1 aliphatic heterocycles. The van der Waals surface area contributed by atoms with E-state index in [1.54, 1.807) is 0 Å². The van der Waals surface area contributed by atoms with Gasteiger partial charge in [0.15, 0.2) is 0 Å². The van der Waals surface area contributed by atoms with Crippen LogP contribution in [0.4, 0.5) is 0 Å². The number of furan rings is 1. The van der Waals surface area contributed by atoms with Crippen LogP contribution in [0.2, 0.25) is 0 Å². The van der Waals surface area contributed by atoms with E-state index < -0.39 is 0 Å². The smallest absolute Gasteiger partial charge is 0.134 e. The minimum atomic E-state index is 0.373. The van der Waals surface area contributed by atoms with Crippen LogP contribution in [0.5, 0.6) is 5.75 Å². The van der Waals surface area contributed by atoms with E-state index in [9.17, 15) is 0 Å². The fourth-order valence-corrected chi connectivity index (χ4v) is 2.47. The summed E-state index contributed by atoms with van der Waals surface area (Å²) in [4.78, 5) is 0. The molecule has 0 bridgehead atoms. The van der Waals surface area contributed by atoms with Gasteiger partial charge in [0, 0.05) is 11.8 Å². The first-order valence-electron chi connectivity index (χ1n) is 6.92. The highest BCUT2D eigenvalue weighted by molar-refractivity contribution is 5.77. The van der Waals surface area contributed by atoms with E-state index in [-0.39, 0.29) is 0 Å². The third-order valence-corrected chi connectivity index (χ3v) is 3.36. The molecule has 0 saturated carbocycles. The van der Waals surface area contributed by atoms with Gasteiger partial charge in [-0.25, -0.2) is 0 Å². The molecule has 3 aromatic rings. The first kappa shape index (κ1) is 12.8. The molecule has 4 rings (SSSR count). The molecule has 2 heteroatoms. The van der Waals surface area contributed by atoms with Crippen LogP contribution in [0.3, 0.4) is 0 Å². The van der Waals surface area contributed by atoms with Crippen molar-refractivity contribution in [1.29, 1.82) is 0 Å². The molecule has 2 nitrogen and oxygen atoms in total. The zero-order chi connectivity index (χ0) is 13.9. The minimum Gasteiger partial charge on any atom is -0.490 e. The van der Waals surface area contributed by atoms with Crippen molar-refractivity contribution in [2.24, 2.45) is 0 Å². The summed E-state index contributed by atoms with van der Waals surface area (Å²) in [7, 11) is 0. The second-order valence-corrected chi connectivity index (χ2v) is 5.14. The number of rotatable bonds is 0. The number of benzene rings is 2. The van der Waals surface area contributed by atoms with Gasteiger partial charge in [-0.2, -0.15) is 0 Å². The molecule has 102 valence electrons. The number of hydrogen-bond acceptors (Lipinski definition) is 2. The summed E-state index contributed by atoms with van der Waals surface area (Å²) in [5, 5.41) is 1.18. The van der Waals surface area contributed by atoms with Gasteiger partial charge in [-0.1, -0.05) is 36.4 Å². The zero-order valence-electron chi connectivity index (χ0n) is 11.8. The monoisotopic (exact) mass is 266 g/mol. The fourth-order valence-electron chi connectivity index (χ4n) is 2.47. The summed E-state index contributed by atoms with van der Waals surface area (Å²) in [6.07, 6.45) is 1.44. The number of fused-ring (bicyclic) bond motifs is 2. The predicted octanol–water partition coefficient (Wildman–Crippen LogP) is 4.75. The predicted molar refractivity (Wildman–Crippen MR) is 81.2 cm³/mol. The summed E-state index contributed by atoms with van der Waals surface area (Å²) in [6.45, 7) is 4.06. The van der Waals surface area contributed by atoms with E-state index in [0.29, 0.717) is 6.10 Å². The van der Waals surface area contributed by atoms with Crippen LogP contribution < -0.4 is 4.74 Å². The zero-order valence-corrected chi connectivity index (χ0v) is 11.8. The second kappa shape index (κ2) is 5.41. The molecule has 1 atom stereocenters. The number of ether oxygens (including phenoxy) is 1. The van der Waals surface area contributed by atoms with Crippen LogP contribution in [0.25, 0.3) is 11.0 Å². The van der Waals surface area contributed by atoms with Crippen LogP contribution in [0, 0.1) is 6.92 Å². The molecule has 1 aromatic heterocycles. The van der Waals surface area contributed by atoms with Gasteiger partial charge in [-0.05, 0) is 37.6 Å². The topological polar surface area (TPSA) is 22.4 Å². The Balaban J connectivity index is 0.000000121. The fraction of sp³-hybridized carbons (Fsp3) is 0.222. The number of aryl methyl sites for hydroxylation is 1. The van der Waals surface area contributed by atoms with Gasteiger partial charge in [-0.3, -0.25) is 0 Å². The van der Waals surface area contributed by atoms with Gasteiger partial charge in [0.25, 0.3) is 0 Å². The van der Waals surface area contributed by atoms with E-state index >= 15 is 0 Å². The first-order valence-corrected chi connectivity index (χ1v) is 6.92. The highest BCUT2D eigenvalue weighted by Crippen LogP contribution is 2.27. The Bertz CT molecular complexity index is 654. The Kier molecular flexibility index (Phi) is 3.46. The molecule has 0 fully saturated rings. The summed E-state index contributed by atoms with van der Waals surface area (Å²) in [6, 6.07) is 18.3. The molecule has 0 saturated heterocycles. The van der Waals surface area contributed by atoms with Crippen LogP contribution in [-0.2, 0) is 6.42 Å². The quantitative estimate of drug-likeness (QED) is 0.586. The standard InChI is InChI=1S/C9H10O.C9H8O/c2*1-7-6-8-4-2-3-5-9(8)10-7/h2-5,7H,6H2,1H3;2-6H,1H3. The molecule has 0 spiro atoms. The molecule has 20 heavy (non-hydrogen) atoms. The summed E-state index contributed by atoms with van der Waals surface area (Å²) in [5.41, 5.74) is 2.31. The lowest BCUT2D eigenvalue weighted by Crippen LogP contribution is -2.05. The molecular formula is C18H18O2. The van der Waals surface area contributed by atoms with E-state index in [1.807, 2.05) is 49.4 Å². The lowest BCUT2D eigenvalue weighted by molar-refractivity contribution is 0.254. The van der Waals surface area contributed by atoms with Gasteiger partial charge < -0.3 is 9.15 Å². The average Bonchev–Trinajstić information content (AvgIpc) is 2.99. The molecule has 2 heterocycles. The average molecular weight is 266 g/mol. The van der Waals surface area contributed by atoms with Crippen LogP contribution in [0.15, 0.2) is 59.0 Å². The molecule has 0 amide bonds. The van der Waals surface area contributed by atoms with Crippen molar-refractivity contribution < 1.29 is 9.15 Å². The maximum Gasteiger partial charge on any atom is 0.134 e. The SMILES string of the molecule is CC1Cc2ccccc2O1.Cc1cc2ccccc2o1. The molecule has 0 radical (unpaired) electrons. The van der Waals surface area contributed by atoms with Gasteiger partial charge in [0.05, 0.1) is 0 Å². The third-order valence-electron chi connectivity index (χ3n) is 3.36. The molecule has 2 aromatic carbocycles. The summed E-state index contributed by atoms with van der Waals surface area (Å²) < 4.78 is 10.9. The largest absolute Gasteiger partial charge is 0.490 e. The van der Waals surface area contributed by atoms with Crippen molar-refractivity contribution in [2.75, 3.05) is 0 Å². The lowest BCUT2D eigenvalue weighted by Gasteiger charge is -2.00. The van der Waals surface area contributed by atoms with Gasteiger partial charge >= 0.3 is 0 Å². The van der Waals surface area contributed by atoms with Gasteiger partial charge in [0.2, 0.25) is 0 Å². The van der Waals surface area contributed by atoms with E-state index in [1.165, 1.54) is 10.9 Å². The Morgan fingerprint density at radius 3 is 2.55 bits per heavy atom. The normalized spacial score (nSPS) is 16.2. The van der Waals surface area contributed by atoms with Crippen molar-refractivity contribution in [1.82, 2.24) is 0 Å². The van der Waals surface area contributed by atoms with E-state index in [2.05, 4.69) is 19.1 Å². The number of para-hydroxylation sites is 2. The van der Waals surface area contributed by atoms with Gasteiger partial charge in [-0.15, -0.1) is 0 Å². The third kappa shape index (κ3) is 2.69. The van der Waals surface area contributed by atoms with Crippen LogP contribution in [-0.4, -0.2) is 6.10 Å². The van der Waals surface area contributed by atoms with E-state index in [0.717, 1.165) is 23.5 Å². The Morgan fingerprint density at radius 1 is 1.00 bits per heavy atom. The Morgan fingerprint density at radius 2 is 1.75 bits per heavy atom. The summed E-state index contributed by atoms with van der Waals surface area (Å²) in [5.74, 6) is 2.04. The van der Waals surface area contributed by atoms with Crippen molar-refractivity contribution in [3.05, 3.63) is 65.9 Å². The minimum absolute atomic E-state index is 0.373. The first-order chi connectivity index (χ1) is 9.72. The van der Waals surface area contributed by atoms with Crippen molar-refractivity contribution in [3.63, 3.8) is 0 Å². The van der Waals surface area contributed by atoms with Crippen molar-refractivity contribution >= 4 is 11.0 Å². The molecule has 0 N–H and O–H groups in total. The Labute approximate surface area is 119 Å². The van der Waals surface area contributed by atoms with Gasteiger partial charge in [0.1, 0.15) is 23.2 Å². The van der Waals surface area contributed by atoms with Crippen molar-refractivity contribution in [2.45, 2.75) is 26.4 Å². The highest BCUT2D eigenvalue weighted by atomic mass is 16.5.